The zero-order chi connectivity index (χ0) is 21.1. The highest BCUT2D eigenvalue weighted by molar-refractivity contribution is 5.84. The van der Waals surface area contributed by atoms with Crippen LogP contribution in [0.4, 0.5) is 0 Å². The minimum atomic E-state index is -0.00895. The van der Waals surface area contributed by atoms with Gasteiger partial charge in [-0.3, -0.25) is 9.69 Å². The Morgan fingerprint density at radius 1 is 1.17 bits per heavy atom. The lowest BCUT2D eigenvalue weighted by molar-refractivity contribution is -0.127. The molecule has 29 heavy (non-hydrogen) atoms. The highest BCUT2D eigenvalue weighted by Gasteiger charge is 2.22. The Balaban J connectivity index is 2.11. The number of piperidine rings is 1. The monoisotopic (exact) mass is 403 g/mol. The van der Waals surface area contributed by atoms with Crippen LogP contribution in [0.3, 0.4) is 0 Å². The number of rotatable bonds is 9. The molecule has 1 unspecified atom stereocenters. The van der Waals surface area contributed by atoms with Crippen LogP contribution in [0.2, 0.25) is 0 Å². The molecule has 1 atom stereocenters. The normalized spacial score (nSPS) is 16.2. The smallest absolute Gasteiger partial charge is 0.243 e. The van der Waals surface area contributed by atoms with Gasteiger partial charge in [0.1, 0.15) is 12.3 Å². The predicted octanol–water partition coefficient (Wildman–Crippen LogP) is 2.26. The van der Waals surface area contributed by atoms with Gasteiger partial charge >= 0.3 is 0 Å². The number of likely N-dealkylation sites (tertiary alicyclic amines) is 1. The van der Waals surface area contributed by atoms with Crippen molar-refractivity contribution in [1.29, 1.82) is 0 Å². The second-order valence-corrected chi connectivity index (χ2v) is 7.65. The Hall–Kier alpha value is -2.28. The molecule has 1 aliphatic heterocycles. The maximum atomic E-state index is 11.9. The molecule has 7 nitrogen and oxygen atoms in total. The third kappa shape index (κ3) is 7.57. The van der Waals surface area contributed by atoms with Crippen LogP contribution in [-0.4, -0.2) is 75.6 Å². The highest BCUT2D eigenvalue weighted by Crippen LogP contribution is 2.25. The van der Waals surface area contributed by atoms with E-state index in [-0.39, 0.29) is 18.5 Å². The van der Waals surface area contributed by atoms with Crippen LogP contribution in [0.1, 0.15) is 44.2 Å². The Bertz CT molecular complexity index is 639. The fourth-order valence-corrected chi connectivity index (χ4v) is 3.41. The number of nitrogens with zero attached hydrogens (tertiary/aromatic N) is 3. The number of ether oxygens (including phenoxy) is 1. The first kappa shape index (κ1) is 23.0. The summed E-state index contributed by atoms with van der Waals surface area (Å²) >= 11 is 0. The first-order chi connectivity index (χ1) is 14.0. The van der Waals surface area contributed by atoms with E-state index in [4.69, 9.17) is 4.74 Å². The lowest BCUT2D eigenvalue weighted by Gasteiger charge is -2.35. The Morgan fingerprint density at radius 2 is 1.86 bits per heavy atom. The quantitative estimate of drug-likeness (QED) is 0.489. The van der Waals surface area contributed by atoms with Gasteiger partial charge in [-0.05, 0) is 50.0 Å². The second kappa shape index (κ2) is 12.3. The summed E-state index contributed by atoms with van der Waals surface area (Å²) in [7, 11) is 5.19. The highest BCUT2D eigenvalue weighted by atomic mass is 16.5. The second-order valence-electron chi connectivity index (χ2n) is 7.65. The number of hydrogen-bond donors (Lipinski definition) is 2. The molecular formula is C22H37N5O2. The van der Waals surface area contributed by atoms with E-state index in [1.54, 1.807) is 26.1 Å². The fourth-order valence-electron chi connectivity index (χ4n) is 3.41. The van der Waals surface area contributed by atoms with Crippen LogP contribution in [-0.2, 0) is 4.79 Å². The molecule has 1 aromatic rings. The summed E-state index contributed by atoms with van der Waals surface area (Å²) in [6, 6.07) is 8.58. The zero-order valence-corrected chi connectivity index (χ0v) is 18.4. The van der Waals surface area contributed by atoms with Crippen molar-refractivity contribution < 1.29 is 9.53 Å². The average molecular weight is 404 g/mol. The summed E-state index contributed by atoms with van der Waals surface area (Å²) in [5.74, 6) is 1.55. The average Bonchev–Trinajstić information content (AvgIpc) is 2.76. The maximum Gasteiger partial charge on any atom is 0.243 e. The Labute approximate surface area is 175 Å². The van der Waals surface area contributed by atoms with Crippen LogP contribution in [0, 0.1) is 0 Å². The maximum absolute atomic E-state index is 11.9. The molecule has 0 saturated carbocycles. The number of methoxy groups -OCH3 is 1. The number of benzene rings is 1. The lowest BCUT2D eigenvalue weighted by Crippen LogP contribution is -2.45. The molecule has 162 valence electrons. The molecule has 1 heterocycles. The molecular weight excluding hydrogens is 366 g/mol. The van der Waals surface area contributed by atoms with Crippen molar-refractivity contribution in [1.82, 2.24) is 20.4 Å². The van der Waals surface area contributed by atoms with Gasteiger partial charge in [-0.2, -0.15) is 0 Å². The van der Waals surface area contributed by atoms with Crippen molar-refractivity contribution in [2.45, 2.75) is 38.6 Å². The van der Waals surface area contributed by atoms with E-state index in [0.29, 0.717) is 5.96 Å². The van der Waals surface area contributed by atoms with E-state index in [1.807, 2.05) is 12.1 Å². The van der Waals surface area contributed by atoms with E-state index >= 15 is 0 Å². The Morgan fingerprint density at radius 3 is 2.45 bits per heavy atom. The first-order valence-electron chi connectivity index (χ1n) is 10.7. The summed E-state index contributed by atoms with van der Waals surface area (Å²) < 4.78 is 5.32. The molecule has 0 radical (unpaired) electrons. The lowest BCUT2D eigenvalue weighted by atomic mass is 10.0. The van der Waals surface area contributed by atoms with Crippen molar-refractivity contribution in [3.8, 4) is 5.75 Å². The van der Waals surface area contributed by atoms with Gasteiger partial charge in [0.05, 0.1) is 13.2 Å². The van der Waals surface area contributed by atoms with Gasteiger partial charge in [-0.1, -0.05) is 25.5 Å². The topological polar surface area (TPSA) is 69.2 Å². The molecule has 0 aliphatic carbocycles. The molecule has 7 heteroatoms. The van der Waals surface area contributed by atoms with Gasteiger partial charge < -0.3 is 20.3 Å². The van der Waals surface area contributed by atoms with Gasteiger partial charge in [-0.25, -0.2) is 4.99 Å². The largest absolute Gasteiger partial charge is 0.497 e. The van der Waals surface area contributed by atoms with Crippen LogP contribution in [0.25, 0.3) is 0 Å². The minimum absolute atomic E-state index is 0.00895. The molecule has 0 bridgehead atoms. The number of nitrogens with one attached hydrogen (secondary N) is 2. The number of aliphatic imine (C=N–C) groups is 1. The number of guanidine groups is 1. The molecule has 1 fully saturated rings. The number of amides is 1. The van der Waals surface area contributed by atoms with Crippen molar-refractivity contribution in [3.05, 3.63) is 29.8 Å². The van der Waals surface area contributed by atoms with Crippen LogP contribution in [0.15, 0.2) is 29.3 Å². The van der Waals surface area contributed by atoms with Crippen molar-refractivity contribution >= 4 is 11.9 Å². The van der Waals surface area contributed by atoms with E-state index in [0.717, 1.165) is 38.3 Å². The molecule has 0 spiro atoms. The summed E-state index contributed by atoms with van der Waals surface area (Å²) in [4.78, 5) is 20.5. The Kier molecular flexibility index (Phi) is 9.77. The van der Waals surface area contributed by atoms with Crippen LogP contribution < -0.4 is 15.4 Å². The minimum Gasteiger partial charge on any atom is -0.497 e. The fraction of sp³-hybridized carbons (Fsp3) is 0.636. The summed E-state index contributed by atoms with van der Waals surface area (Å²) in [6.07, 6.45) is 4.77. The van der Waals surface area contributed by atoms with E-state index < -0.39 is 0 Å². The van der Waals surface area contributed by atoms with E-state index in [1.165, 1.54) is 24.8 Å². The first-order valence-corrected chi connectivity index (χ1v) is 10.7. The third-order valence-corrected chi connectivity index (χ3v) is 5.21. The molecule has 2 N–H and O–H groups in total. The van der Waals surface area contributed by atoms with Gasteiger partial charge in [0.15, 0.2) is 5.96 Å². The molecule has 0 aromatic heterocycles. The summed E-state index contributed by atoms with van der Waals surface area (Å²) in [6.45, 7) is 6.02. The number of carbonyl (C=O) groups is 1. The van der Waals surface area contributed by atoms with Gasteiger partial charge in [-0.15, -0.1) is 0 Å². The van der Waals surface area contributed by atoms with Gasteiger partial charge in [0.25, 0.3) is 0 Å². The molecule has 1 aliphatic rings. The molecule has 1 aromatic carbocycles. The number of carbonyl (C=O) groups excluding carboxylic acids is 1. The number of likely N-dealkylation sites (N-methyl/N-ethyl adjacent to an activating group) is 1. The SMILES string of the molecule is CCCNC(=NCC(=O)N(C)C)NCC(c1ccc(OC)cc1)N1CCCCC1. The van der Waals surface area contributed by atoms with Crippen molar-refractivity contribution in [2.24, 2.45) is 4.99 Å². The molecule has 1 saturated heterocycles. The molecule has 1 amide bonds. The van der Waals surface area contributed by atoms with Crippen LogP contribution in [0.5, 0.6) is 5.75 Å². The van der Waals surface area contributed by atoms with E-state index in [9.17, 15) is 4.79 Å². The number of hydrogen-bond acceptors (Lipinski definition) is 4. The van der Waals surface area contributed by atoms with Gasteiger partial charge in [0, 0.05) is 27.2 Å². The zero-order valence-electron chi connectivity index (χ0n) is 18.4. The summed E-state index contributed by atoms with van der Waals surface area (Å²) in [5.41, 5.74) is 1.26. The third-order valence-electron chi connectivity index (χ3n) is 5.21. The van der Waals surface area contributed by atoms with E-state index in [2.05, 4.69) is 39.6 Å². The molecule has 2 rings (SSSR count). The standard InChI is InChI=1S/C22H37N5O2/c1-5-13-23-22(25-17-21(28)26(2)3)24-16-20(27-14-7-6-8-15-27)18-9-11-19(29-4)12-10-18/h9-12,20H,5-8,13-17H2,1-4H3,(H2,23,24,25). The predicted molar refractivity (Wildman–Crippen MR) is 118 cm³/mol. The van der Waals surface area contributed by atoms with Crippen LogP contribution >= 0.6 is 0 Å². The van der Waals surface area contributed by atoms with Crippen molar-refractivity contribution in [2.75, 3.05) is 53.9 Å². The summed E-state index contributed by atoms with van der Waals surface area (Å²) in [5, 5.41) is 6.79. The van der Waals surface area contributed by atoms with Gasteiger partial charge in [0.2, 0.25) is 5.91 Å². The van der Waals surface area contributed by atoms with Crippen molar-refractivity contribution in [3.63, 3.8) is 0 Å².